The zero-order valence-electron chi connectivity index (χ0n) is 14.8. The summed E-state index contributed by atoms with van der Waals surface area (Å²) >= 11 is 5.07. The maximum atomic E-state index is 12.7. The van der Waals surface area contributed by atoms with Crippen LogP contribution in [0.2, 0.25) is 0 Å². The highest BCUT2D eigenvalue weighted by molar-refractivity contribution is 9.10. The van der Waals surface area contributed by atoms with Crippen LogP contribution >= 0.6 is 27.3 Å². The number of urea groups is 1. The number of hydrogen-bond acceptors (Lipinski definition) is 4. The molecule has 6 nitrogen and oxygen atoms in total. The van der Waals surface area contributed by atoms with Crippen LogP contribution in [0.1, 0.15) is 10.6 Å². The predicted molar refractivity (Wildman–Crippen MR) is 114 cm³/mol. The summed E-state index contributed by atoms with van der Waals surface area (Å²) in [7, 11) is 0. The van der Waals surface area contributed by atoms with Gasteiger partial charge in [0, 0.05) is 27.9 Å². The van der Waals surface area contributed by atoms with Crippen LogP contribution in [0.15, 0.2) is 59.1 Å². The van der Waals surface area contributed by atoms with Crippen LogP contribution in [-0.4, -0.2) is 32.1 Å². The number of thiazole rings is 1. The van der Waals surface area contributed by atoms with Gasteiger partial charge in [0.1, 0.15) is 0 Å². The summed E-state index contributed by atoms with van der Waals surface area (Å²) in [4.78, 5) is 21.2. The van der Waals surface area contributed by atoms with Crippen LogP contribution in [0.4, 0.5) is 10.5 Å². The molecule has 0 aliphatic carbocycles. The highest BCUT2D eigenvalue weighted by Crippen LogP contribution is 2.30. The van der Waals surface area contributed by atoms with Gasteiger partial charge in [0.15, 0.2) is 5.82 Å². The lowest BCUT2D eigenvalue weighted by molar-refractivity contribution is 0.206. The maximum Gasteiger partial charge on any atom is 0.322 e. The number of rotatable bonds is 2. The SMILES string of the molecule is O=C(Nc1ccccc1Br)N1CCc2c(sc3nc(-c4ccccc4)nn23)C1. The Morgan fingerprint density at radius 3 is 2.71 bits per heavy atom. The van der Waals surface area contributed by atoms with Crippen molar-refractivity contribution in [3.63, 3.8) is 0 Å². The van der Waals surface area contributed by atoms with Crippen molar-refractivity contribution in [2.75, 3.05) is 11.9 Å². The molecule has 28 heavy (non-hydrogen) atoms. The molecule has 0 bridgehead atoms. The van der Waals surface area contributed by atoms with Crippen molar-refractivity contribution < 1.29 is 4.79 Å². The first-order chi connectivity index (χ1) is 13.7. The molecule has 3 heterocycles. The van der Waals surface area contributed by atoms with E-state index in [-0.39, 0.29) is 6.03 Å². The quantitative estimate of drug-likeness (QED) is 0.473. The molecule has 0 radical (unpaired) electrons. The van der Waals surface area contributed by atoms with Crippen LogP contribution in [0.3, 0.4) is 0 Å². The summed E-state index contributed by atoms with van der Waals surface area (Å²) in [5.41, 5.74) is 2.94. The first-order valence-electron chi connectivity index (χ1n) is 8.92. The number of nitrogens with zero attached hydrogens (tertiary/aromatic N) is 4. The Hall–Kier alpha value is -2.71. The Bertz CT molecular complexity index is 1170. The van der Waals surface area contributed by atoms with Gasteiger partial charge in [-0.25, -0.2) is 9.31 Å². The van der Waals surface area contributed by atoms with Crippen LogP contribution in [0, 0.1) is 0 Å². The summed E-state index contributed by atoms with van der Waals surface area (Å²) in [6.07, 6.45) is 0.760. The van der Waals surface area contributed by atoms with Crippen LogP contribution in [0.5, 0.6) is 0 Å². The Balaban J connectivity index is 1.37. The molecule has 1 aliphatic heterocycles. The molecule has 1 aliphatic rings. The topological polar surface area (TPSA) is 62.5 Å². The first-order valence-corrected chi connectivity index (χ1v) is 10.5. The van der Waals surface area contributed by atoms with Gasteiger partial charge in [-0.3, -0.25) is 0 Å². The predicted octanol–water partition coefficient (Wildman–Crippen LogP) is 4.81. The smallest absolute Gasteiger partial charge is 0.319 e. The molecule has 1 N–H and O–H groups in total. The van der Waals surface area contributed by atoms with Crippen molar-refractivity contribution in [1.29, 1.82) is 0 Å². The summed E-state index contributed by atoms with van der Waals surface area (Å²) in [6, 6.07) is 17.5. The average Bonchev–Trinajstić information content (AvgIpc) is 3.28. The van der Waals surface area contributed by atoms with Crippen molar-refractivity contribution in [2.45, 2.75) is 13.0 Å². The van der Waals surface area contributed by atoms with E-state index in [9.17, 15) is 4.79 Å². The monoisotopic (exact) mass is 453 g/mol. The second kappa shape index (κ2) is 7.03. The van der Waals surface area contributed by atoms with E-state index < -0.39 is 0 Å². The molecule has 5 rings (SSSR count). The molecule has 4 aromatic rings. The number of carbonyl (C=O) groups is 1. The molecule has 8 heteroatoms. The number of anilines is 1. The molecule has 0 saturated carbocycles. The first kappa shape index (κ1) is 17.4. The number of amides is 2. The lowest BCUT2D eigenvalue weighted by Gasteiger charge is -2.26. The van der Waals surface area contributed by atoms with Crippen molar-refractivity contribution in [2.24, 2.45) is 0 Å². The highest BCUT2D eigenvalue weighted by Gasteiger charge is 2.26. The molecule has 0 saturated heterocycles. The lowest BCUT2D eigenvalue weighted by atomic mass is 10.2. The second-order valence-electron chi connectivity index (χ2n) is 6.55. The minimum Gasteiger partial charge on any atom is -0.319 e. The third kappa shape index (κ3) is 3.08. The number of para-hydroxylation sites is 1. The van der Waals surface area contributed by atoms with Gasteiger partial charge in [-0.2, -0.15) is 4.98 Å². The van der Waals surface area contributed by atoms with E-state index in [1.54, 1.807) is 11.3 Å². The molecular formula is C20H16BrN5OS. The molecule has 0 spiro atoms. The molecular weight excluding hydrogens is 438 g/mol. The number of fused-ring (bicyclic) bond motifs is 3. The highest BCUT2D eigenvalue weighted by atomic mass is 79.9. The fourth-order valence-electron chi connectivity index (χ4n) is 3.33. The van der Waals surface area contributed by atoms with E-state index in [1.165, 1.54) is 0 Å². The maximum absolute atomic E-state index is 12.7. The third-order valence-corrected chi connectivity index (χ3v) is 6.51. The van der Waals surface area contributed by atoms with E-state index >= 15 is 0 Å². The van der Waals surface area contributed by atoms with Gasteiger partial charge < -0.3 is 10.2 Å². The second-order valence-corrected chi connectivity index (χ2v) is 8.47. The van der Waals surface area contributed by atoms with Gasteiger partial charge in [0.2, 0.25) is 4.96 Å². The van der Waals surface area contributed by atoms with E-state index in [0.717, 1.165) is 43.5 Å². The van der Waals surface area contributed by atoms with E-state index in [4.69, 9.17) is 5.10 Å². The normalized spacial score (nSPS) is 13.5. The van der Waals surface area contributed by atoms with Gasteiger partial charge >= 0.3 is 6.03 Å². The average molecular weight is 454 g/mol. The number of benzene rings is 2. The number of carbonyl (C=O) groups excluding carboxylic acids is 1. The Labute approximate surface area is 174 Å². The number of hydrogen-bond donors (Lipinski definition) is 1. The van der Waals surface area contributed by atoms with Crippen LogP contribution in [0.25, 0.3) is 16.3 Å². The summed E-state index contributed by atoms with van der Waals surface area (Å²) in [5.74, 6) is 0.740. The van der Waals surface area contributed by atoms with Gasteiger partial charge in [0.05, 0.1) is 17.9 Å². The largest absolute Gasteiger partial charge is 0.322 e. The molecule has 2 amide bonds. The van der Waals surface area contributed by atoms with Gasteiger partial charge in [-0.1, -0.05) is 53.8 Å². The van der Waals surface area contributed by atoms with E-state index in [2.05, 4.69) is 26.2 Å². The summed E-state index contributed by atoms with van der Waals surface area (Å²) < 4.78 is 2.80. The third-order valence-electron chi connectivity index (χ3n) is 4.76. The molecule has 2 aromatic heterocycles. The lowest BCUT2D eigenvalue weighted by Crippen LogP contribution is -2.38. The fourth-order valence-corrected chi connectivity index (χ4v) is 4.83. The molecule has 0 unspecified atom stereocenters. The van der Waals surface area contributed by atoms with Gasteiger partial charge in [-0.15, -0.1) is 5.10 Å². The van der Waals surface area contributed by atoms with Crippen LogP contribution < -0.4 is 5.32 Å². The van der Waals surface area contributed by atoms with Crippen molar-refractivity contribution in [1.82, 2.24) is 19.5 Å². The standard InChI is InChI=1S/C20H16BrN5OS/c21-14-8-4-5-9-15(14)22-19(27)25-11-10-16-17(12-25)28-20-23-18(24-26(16)20)13-6-2-1-3-7-13/h1-9H,10-12H2,(H,22,27). The molecule has 2 aromatic carbocycles. The fraction of sp³-hybridized carbons (Fsp3) is 0.150. The number of aromatic nitrogens is 3. The zero-order valence-corrected chi connectivity index (χ0v) is 17.2. The van der Waals surface area contributed by atoms with Crippen molar-refractivity contribution in [3.8, 4) is 11.4 Å². The Kier molecular flexibility index (Phi) is 4.37. The van der Waals surface area contributed by atoms with Crippen LogP contribution in [-0.2, 0) is 13.0 Å². The van der Waals surface area contributed by atoms with Crippen molar-refractivity contribution in [3.05, 3.63) is 69.6 Å². The van der Waals surface area contributed by atoms with Gasteiger partial charge in [-0.05, 0) is 28.1 Å². The zero-order chi connectivity index (χ0) is 19.1. The summed E-state index contributed by atoms with van der Waals surface area (Å²) in [5, 5.41) is 7.67. The minimum atomic E-state index is -0.0958. The Morgan fingerprint density at radius 1 is 1.11 bits per heavy atom. The van der Waals surface area contributed by atoms with Gasteiger partial charge in [0.25, 0.3) is 0 Å². The van der Waals surface area contributed by atoms with Crippen molar-refractivity contribution >= 4 is 43.9 Å². The van der Waals surface area contributed by atoms with E-state index in [0.29, 0.717) is 13.1 Å². The minimum absolute atomic E-state index is 0.0958. The molecule has 0 fully saturated rings. The van der Waals surface area contributed by atoms with E-state index in [1.807, 2.05) is 64.0 Å². The summed E-state index contributed by atoms with van der Waals surface area (Å²) in [6.45, 7) is 1.22. The Morgan fingerprint density at radius 2 is 1.89 bits per heavy atom. The molecule has 140 valence electrons. The molecule has 0 atom stereocenters. The number of halogens is 1. The number of nitrogens with one attached hydrogen (secondary N) is 1.